The molecule has 1 N–H and O–H groups in total. The van der Waals surface area contributed by atoms with Crippen molar-refractivity contribution in [2.75, 3.05) is 18.5 Å². The molecule has 7 nitrogen and oxygen atoms in total. The summed E-state index contributed by atoms with van der Waals surface area (Å²) < 4.78 is 11.4. The second-order valence-electron chi connectivity index (χ2n) is 6.38. The van der Waals surface area contributed by atoms with E-state index < -0.39 is 0 Å². The Morgan fingerprint density at radius 2 is 2.04 bits per heavy atom. The Balaban J connectivity index is 1.55. The van der Waals surface area contributed by atoms with Crippen molar-refractivity contribution >= 4 is 11.6 Å². The molecule has 140 valence electrons. The fourth-order valence-corrected chi connectivity index (χ4v) is 3.00. The average Bonchev–Trinajstić information content (AvgIpc) is 2.76. The van der Waals surface area contributed by atoms with Crippen LogP contribution in [0.2, 0.25) is 0 Å². The van der Waals surface area contributed by atoms with E-state index in [4.69, 9.17) is 9.47 Å². The minimum absolute atomic E-state index is 0.0843. The first-order chi connectivity index (χ1) is 13.8. The normalized spacial score (nSPS) is 14.2. The third-order valence-corrected chi connectivity index (χ3v) is 4.43. The molecule has 0 spiro atoms. The number of nitriles is 1. The minimum atomic E-state index is 0.0843. The summed E-state index contributed by atoms with van der Waals surface area (Å²) in [6, 6.07) is 13.3. The molecule has 1 fully saturated rings. The molecule has 7 heteroatoms. The first kappa shape index (κ1) is 17.9. The maximum atomic E-state index is 9.56. The average molecular weight is 373 g/mol. The van der Waals surface area contributed by atoms with Gasteiger partial charge in [0.05, 0.1) is 36.4 Å². The number of hydrogen-bond acceptors (Lipinski definition) is 7. The van der Waals surface area contributed by atoms with E-state index in [0.29, 0.717) is 30.5 Å². The lowest BCUT2D eigenvalue weighted by Gasteiger charge is -2.23. The molecule has 4 rings (SSSR count). The van der Waals surface area contributed by atoms with Crippen molar-refractivity contribution in [1.82, 2.24) is 15.0 Å². The van der Waals surface area contributed by atoms with Crippen molar-refractivity contribution in [1.29, 1.82) is 5.26 Å². The molecule has 28 heavy (non-hydrogen) atoms. The Hall–Kier alpha value is -3.50. The van der Waals surface area contributed by atoms with Crippen molar-refractivity contribution in [2.45, 2.75) is 18.9 Å². The van der Waals surface area contributed by atoms with Crippen molar-refractivity contribution in [3.8, 4) is 23.1 Å². The summed E-state index contributed by atoms with van der Waals surface area (Å²) in [5.74, 6) is 1.06. The van der Waals surface area contributed by atoms with E-state index in [1.54, 1.807) is 24.7 Å². The summed E-state index contributed by atoms with van der Waals surface area (Å²) in [4.78, 5) is 12.9. The lowest BCUT2D eigenvalue weighted by atomic mass is 10.1. The molecule has 0 atom stereocenters. The van der Waals surface area contributed by atoms with Crippen LogP contribution in [0.1, 0.15) is 18.4 Å². The van der Waals surface area contributed by atoms with Gasteiger partial charge in [-0.2, -0.15) is 5.26 Å². The van der Waals surface area contributed by atoms with E-state index >= 15 is 0 Å². The number of nitrogens with one attached hydrogen (secondary N) is 1. The van der Waals surface area contributed by atoms with Gasteiger partial charge in [-0.3, -0.25) is 4.98 Å². The molecular weight excluding hydrogens is 354 g/mol. The highest BCUT2D eigenvalue weighted by Gasteiger charge is 2.17. The van der Waals surface area contributed by atoms with Crippen LogP contribution < -0.4 is 10.1 Å². The number of rotatable bonds is 5. The van der Waals surface area contributed by atoms with E-state index in [9.17, 15) is 5.26 Å². The second-order valence-corrected chi connectivity index (χ2v) is 6.38. The van der Waals surface area contributed by atoms with Gasteiger partial charge in [0.1, 0.15) is 17.9 Å². The summed E-state index contributed by atoms with van der Waals surface area (Å²) >= 11 is 0. The van der Waals surface area contributed by atoms with Crippen molar-refractivity contribution < 1.29 is 9.47 Å². The number of hydrogen-bond donors (Lipinski definition) is 1. The van der Waals surface area contributed by atoms with Gasteiger partial charge in [0.25, 0.3) is 0 Å². The zero-order chi connectivity index (χ0) is 19.2. The van der Waals surface area contributed by atoms with Crippen LogP contribution in [0.4, 0.5) is 11.6 Å². The maximum Gasteiger partial charge on any atom is 0.227 e. The molecule has 2 aromatic heterocycles. The molecule has 0 bridgehead atoms. The summed E-state index contributed by atoms with van der Waals surface area (Å²) in [5, 5.41) is 12.7. The van der Waals surface area contributed by atoms with Crippen LogP contribution in [-0.4, -0.2) is 34.3 Å². The van der Waals surface area contributed by atoms with Crippen LogP contribution in [0.3, 0.4) is 0 Å². The third kappa shape index (κ3) is 4.24. The highest BCUT2D eigenvalue weighted by atomic mass is 16.5. The van der Waals surface area contributed by atoms with Crippen LogP contribution in [-0.2, 0) is 4.74 Å². The van der Waals surface area contributed by atoms with E-state index in [1.165, 1.54) is 0 Å². The highest BCUT2D eigenvalue weighted by molar-refractivity contribution is 5.65. The largest absolute Gasteiger partial charge is 0.489 e. The molecule has 0 radical (unpaired) electrons. The van der Waals surface area contributed by atoms with Gasteiger partial charge in [0.2, 0.25) is 5.95 Å². The van der Waals surface area contributed by atoms with E-state index in [2.05, 4.69) is 26.3 Å². The molecule has 0 saturated carbocycles. The molecule has 1 aliphatic rings. The summed E-state index contributed by atoms with van der Waals surface area (Å²) in [5.41, 5.74) is 2.84. The van der Waals surface area contributed by atoms with Crippen LogP contribution in [0, 0.1) is 11.3 Å². The topological polar surface area (TPSA) is 93.0 Å². The fourth-order valence-electron chi connectivity index (χ4n) is 3.00. The summed E-state index contributed by atoms with van der Waals surface area (Å²) in [7, 11) is 0. The van der Waals surface area contributed by atoms with Crippen LogP contribution in [0.15, 0.2) is 55.0 Å². The lowest BCUT2D eigenvalue weighted by molar-refractivity contribution is 0.0254. The van der Waals surface area contributed by atoms with Gasteiger partial charge < -0.3 is 14.8 Å². The maximum absolute atomic E-state index is 9.56. The third-order valence-electron chi connectivity index (χ3n) is 4.43. The number of pyridine rings is 1. The van der Waals surface area contributed by atoms with E-state index in [1.807, 2.05) is 30.3 Å². The summed E-state index contributed by atoms with van der Waals surface area (Å²) in [6.07, 6.45) is 6.84. The second kappa shape index (κ2) is 8.46. The van der Waals surface area contributed by atoms with Crippen molar-refractivity contribution in [2.24, 2.45) is 0 Å². The number of ether oxygens (including phenoxy) is 2. The molecular formula is C21H19N5O2. The van der Waals surface area contributed by atoms with Gasteiger partial charge >= 0.3 is 0 Å². The molecule has 1 saturated heterocycles. The molecule has 3 aromatic rings. The van der Waals surface area contributed by atoms with Gasteiger partial charge in [-0.1, -0.05) is 0 Å². The Morgan fingerprint density at radius 1 is 1.14 bits per heavy atom. The summed E-state index contributed by atoms with van der Waals surface area (Å²) in [6.45, 7) is 1.39. The lowest BCUT2D eigenvalue weighted by Crippen LogP contribution is -2.26. The van der Waals surface area contributed by atoms with Crippen LogP contribution in [0.5, 0.6) is 5.75 Å². The first-order valence-corrected chi connectivity index (χ1v) is 9.11. The SMILES string of the molecule is N#Cc1cc(-c2ccnc(Nc3cccnc3)n2)ccc1OC1CCOCC1. The quantitative estimate of drug-likeness (QED) is 0.728. The van der Waals surface area contributed by atoms with Gasteiger partial charge in [-0.05, 0) is 36.4 Å². The highest BCUT2D eigenvalue weighted by Crippen LogP contribution is 2.28. The number of benzene rings is 1. The fraction of sp³-hybridized carbons (Fsp3) is 0.238. The number of nitrogens with zero attached hydrogens (tertiary/aromatic N) is 4. The minimum Gasteiger partial charge on any atom is -0.489 e. The van der Waals surface area contributed by atoms with Crippen molar-refractivity contribution in [3.05, 3.63) is 60.6 Å². The van der Waals surface area contributed by atoms with Gasteiger partial charge in [0.15, 0.2) is 0 Å². The van der Waals surface area contributed by atoms with E-state index in [-0.39, 0.29) is 6.10 Å². The monoisotopic (exact) mass is 373 g/mol. The smallest absolute Gasteiger partial charge is 0.227 e. The molecule has 0 unspecified atom stereocenters. The zero-order valence-electron chi connectivity index (χ0n) is 15.2. The van der Waals surface area contributed by atoms with Crippen LogP contribution >= 0.6 is 0 Å². The number of anilines is 2. The van der Waals surface area contributed by atoms with Gasteiger partial charge in [-0.15, -0.1) is 0 Å². The predicted molar refractivity (Wildman–Crippen MR) is 104 cm³/mol. The standard InChI is InChI=1S/C21H19N5O2/c22-13-16-12-15(3-4-20(16)28-18-6-10-27-11-7-18)19-5-9-24-21(26-19)25-17-2-1-8-23-14-17/h1-5,8-9,12,14,18H,6-7,10-11H2,(H,24,25,26). The zero-order valence-corrected chi connectivity index (χ0v) is 15.2. The van der Waals surface area contributed by atoms with Crippen molar-refractivity contribution in [3.63, 3.8) is 0 Å². The predicted octanol–water partition coefficient (Wildman–Crippen LogP) is 3.71. The molecule has 0 amide bonds. The molecule has 0 aliphatic carbocycles. The Morgan fingerprint density at radius 3 is 2.82 bits per heavy atom. The number of aromatic nitrogens is 3. The Bertz CT molecular complexity index is 982. The molecule has 1 aromatic carbocycles. The first-order valence-electron chi connectivity index (χ1n) is 9.11. The Labute approximate surface area is 163 Å². The Kier molecular flexibility index (Phi) is 5.41. The molecule has 1 aliphatic heterocycles. The van der Waals surface area contributed by atoms with Gasteiger partial charge in [-0.25, -0.2) is 9.97 Å². The van der Waals surface area contributed by atoms with Crippen LogP contribution in [0.25, 0.3) is 11.3 Å². The van der Waals surface area contributed by atoms with E-state index in [0.717, 1.165) is 29.8 Å². The van der Waals surface area contributed by atoms with Gasteiger partial charge in [0, 0.05) is 30.8 Å². The molecule has 3 heterocycles.